The monoisotopic (exact) mass is 316 g/mol. The summed E-state index contributed by atoms with van der Waals surface area (Å²) in [4.78, 5) is 16.5. The number of fused-ring (bicyclic) bond motifs is 1. The van der Waals surface area contributed by atoms with E-state index >= 15 is 0 Å². The van der Waals surface area contributed by atoms with Crippen LogP contribution in [0.1, 0.15) is 6.92 Å². The number of aliphatic hydroxyl groups is 1. The maximum Gasteiger partial charge on any atom is 0.321 e. The first-order chi connectivity index (χ1) is 11.2. The number of amides is 2. The van der Waals surface area contributed by atoms with Gasteiger partial charge >= 0.3 is 6.03 Å². The Hall–Kier alpha value is -2.05. The van der Waals surface area contributed by atoms with E-state index in [-0.39, 0.29) is 12.6 Å². The molecule has 0 spiro atoms. The predicted molar refractivity (Wildman–Crippen MR) is 91.7 cm³/mol. The molecule has 1 aromatic heterocycles. The van der Waals surface area contributed by atoms with Crippen molar-refractivity contribution < 1.29 is 9.90 Å². The van der Waals surface area contributed by atoms with Gasteiger partial charge in [-0.25, -0.2) is 4.79 Å². The molecule has 6 heteroatoms. The zero-order valence-electron chi connectivity index (χ0n) is 13.5. The highest BCUT2D eigenvalue weighted by Gasteiger charge is 2.21. The maximum absolute atomic E-state index is 12.5. The second-order valence-corrected chi connectivity index (χ2v) is 5.83. The van der Waals surface area contributed by atoms with E-state index in [4.69, 9.17) is 5.11 Å². The highest BCUT2D eigenvalue weighted by Crippen LogP contribution is 2.26. The Kier molecular flexibility index (Phi) is 4.83. The Morgan fingerprint density at radius 1 is 1.22 bits per heavy atom. The van der Waals surface area contributed by atoms with Crippen molar-refractivity contribution in [3.05, 3.63) is 30.5 Å². The van der Waals surface area contributed by atoms with E-state index in [1.165, 1.54) is 0 Å². The number of benzene rings is 1. The van der Waals surface area contributed by atoms with Gasteiger partial charge in [0, 0.05) is 50.9 Å². The molecule has 2 heterocycles. The summed E-state index contributed by atoms with van der Waals surface area (Å²) in [5.41, 5.74) is 2.00. The number of rotatable bonds is 4. The molecule has 1 aromatic carbocycles. The molecule has 2 aromatic rings. The molecule has 124 valence electrons. The Morgan fingerprint density at radius 3 is 2.65 bits per heavy atom. The number of piperazine rings is 1. The van der Waals surface area contributed by atoms with E-state index in [1.54, 1.807) is 0 Å². The lowest BCUT2D eigenvalue weighted by Crippen LogP contribution is -2.50. The van der Waals surface area contributed by atoms with E-state index in [0.717, 1.165) is 36.2 Å². The topological polar surface area (TPSA) is 60.7 Å². The minimum absolute atomic E-state index is 0.0485. The van der Waals surface area contributed by atoms with Crippen LogP contribution in [0, 0.1) is 0 Å². The number of aliphatic hydroxyl groups excluding tert-OH is 1. The van der Waals surface area contributed by atoms with Gasteiger partial charge in [-0.05, 0) is 13.0 Å². The van der Waals surface area contributed by atoms with Gasteiger partial charge in [-0.3, -0.25) is 4.90 Å². The molecule has 6 nitrogen and oxygen atoms in total. The van der Waals surface area contributed by atoms with Gasteiger partial charge in [0.25, 0.3) is 0 Å². The van der Waals surface area contributed by atoms with Crippen molar-refractivity contribution in [1.82, 2.24) is 14.4 Å². The standard InChI is InChI=1S/C17H24N4O2/c1-2-20-13-15(14-5-3-4-6-16(14)20)18-17(23)21-9-7-19(8-10-21)11-12-22/h3-6,13,22H,2,7-12H2,1H3,(H,18,23). The number of carbonyl (C=O) groups is 1. The largest absolute Gasteiger partial charge is 0.395 e. The smallest absolute Gasteiger partial charge is 0.321 e. The number of nitrogens with one attached hydrogen (secondary N) is 1. The maximum atomic E-state index is 12.5. The van der Waals surface area contributed by atoms with Gasteiger partial charge in [0.1, 0.15) is 0 Å². The molecule has 2 N–H and O–H groups in total. The molecule has 0 unspecified atom stereocenters. The number of anilines is 1. The SMILES string of the molecule is CCn1cc(NC(=O)N2CCN(CCO)CC2)c2ccccc21. The summed E-state index contributed by atoms with van der Waals surface area (Å²) in [5.74, 6) is 0. The Labute approximate surface area is 136 Å². The third-order valence-electron chi connectivity index (χ3n) is 4.45. The lowest BCUT2D eigenvalue weighted by atomic mass is 10.2. The summed E-state index contributed by atoms with van der Waals surface area (Å²) in [7, 11) is 0. The number of carbonyl (C=O) groups excluding carboxylic acids is 1. The van der Waals surface area contributed by atoms with Crippen LogP contribution in [-0.2, 0) is 6.54 Å². The van der Waals surface area contributed by atoms with Crippen LogP contribution >= 0.6 is 0 Å². The Bertz CT molecular complexity index is 674. The van der Waals surface area contributed by atoms with Gasteiger partial charge in [-0.1, -0.05) is 18.2 Å². The molecule has 0 saturated carbocycles. The number of nitrogens with zero attached hydrogens (tertiary/aromatic N) is 3. The molecule has 0 aliphatic carbocycles. The average molecular weight is 316 g/mol. The molecule has 1 fully saturated rings. The number of para-hydroxylation sites is 1. The fraction of sp³-hybridized carbons (Fsp3) is 0.471. The molecule has 1 aliphatic heterocycles. The van der Waals surface area contributed by atoms with Crippen molar-refractivity contribution in [1.29, 1.82) is 0 Å². The third kappa shape index (κ3) is 3.33. The minimum atomic E-state index is -0.0485. The van der Waals surface area contributed by atoms with Crippen LogP contribution in [-0.4, -0.2) is 64.8 Å². The summed E-state index contributed by atoms with van der Waals surface area (Å²) < 4.78 is 2.14. The lowest BCUT2D eigenvalue weighted by molar-refractivity contribution is 0.127. The van der Waals surface area contributed by atoms with E-state index in [9.17, 15) is 4.79 Å². The van der Waals surface area contributed by atoms with Crippen LogP contribution < -0.4 is 5.32 Å². The molecular weight excluding hydrogens is 292 g/mol. The minimum Gasteiger partial charge on any atom is -0.395 e. The van der Waals surface area contributed by atoms with Crippen LogP contribution in [0.25, 0.3) is 10.9 Å². The van der Waals surface area contributed by atoms with E-state index in [1.807, 2.05) is 29.3 Å². The van der Waals surface area contributed by atoms with Crippen molar-refractivity contribution in [2.45, 2.75) is 13.5 Å². The first-order valence-electron chi connectivity index (χ1n) is 8.20. The van der Waals surface area contributed by atoms with Gasteiger partial charge in [0.15, 0.2) is 0 Å². The first-order valence-corrected chi connectivity index (χ1v) is 8.20. The van der Waals surface area contributed by atoms with Crippen molar-refractivity contribution in [2.75, 3.05) is 44.6 Å². The summed E-state index contributed by atoms with van der Waals surface area (Å²) in [6.07, 6.45) is 2.00. The van der Waals surface area contributed by atoms with Crippen molar-refractivity contribution in [3.8, 4) is 0 Å². The number of aromatic nitrogens is 1. The number of hydrogen-bond acceptors (Lipinski definition) is 3. The predicted octanol–water partition coefficient (Wildman–Crippen LogP) is 1.80. The second-order valence-electron chi connectivity index (χ2n) is 5.83. The van der Waals surface area contributed by atoms with Gasteiger partial charge < -0.3 is 19.9 Å². The van der Waals surface area contributed by atoms with Crippen molar-refractivity contribution >= 4 is 22.6 Å². The zero-order valence-corrected chi connectivity index (χ0v) is 13.5. The number of urea groups is 1. The number of aryl methyl sites for hydroxylation is 1. The molecule has 0 bridgehead atoms. The van der Waals surface area contributed by atoms with Crippen LogP contribution in [0.2, 0.25) is 0 Å². The fourth-order valence-corrected chi connectivity index (χ4v) is 3.12. The van der Waals surface area contributed by atoms with Crippen molar-refractivity contribution in [3.63, 3.8) is 0 Å². The van der Waals surface area contributed by atoms with E-state index < -0.39 is 0 Å². The molecular formula is C17H24N4O2. The van der Waals surface area contributed by atoms with Crippen LogP contribution in [0.15, 0.2) is 30.5 Å². The molecule has 1 aliphatic rings. The molecule has 0 atom stereocenters. The van der Waals surface area contributed by atoms with E-state index in [0.29, 0.717) is 19.6 Å². The Balaban J connectivity index is 1.69. The molecule has 0 radical (unpaired) electrons. The summed E-state index contributed by atoms with van der Waals surface area (Å²) in [5, 5.41) is 13.1. The van der Waals surface area contributed by atoms with Gasteiger partial charge in [-0.2, -0.15) is 0 Å². The van der Waals surface area contributed by atoms with Gasteiger partial charge in [0.05, 0.1) is 17.8 Å². The van der Waals surface area contributed by atoms with E-state index in [2.05, 4.69) is 27.8 Å². The number of β-amino-alcohol motifs (C(OH)–C–C–N with tert-alkyl or cyclic N) is 1. The van der Waals surface area contributed by atoms with Crippen molar-refractivity contribution in [2.24, 2.45) is 0 Å². The molecule has 23 heavy (non-hydrogen) atoms. The quantitative estimate of drug-likeness (QED) is 0.904. The highest BCUT2D eigenvalue weighted by molar-refractivity contribution is 6.01. The molecule has 2 amide bonds. The summed E-state index contributed by atoms with van der Waals surface area (Å²) in [6.45, 7) is 6.82. The van der Waals surface area contributed by atoms with Gasteiger partial charge in [-0.15, -0.1) is 0 Å². The third-order valence-corrected chi connectivity index (χ3v) is 4.45. The number of hydrogen-bond donors (Lipinski definition) is 2. The molecule has 3 rings (SSSR count). The fourth-order valence-electron chi connectivity index (χ4n) is 3.12. The summed E-state index contributed by atoms with van der Waals surface area (Å²) in [6, 6.07) is 8.07. The Morgan fingerprint density at radius 2 is 1.96 bits per heavy atom. The van der Waals surface area contributed by atoms with Gasteiger partial charge in [0.2, 0.25) is 0 Å². The van der Waals surface area contributed by atoms with Crippen LogP contribution in [0.5, 0.6) is 0 Å². The van der Waals surface area contributed by atoms with Crippen LogP contribution in [0.3, 0.4) is 0 Å². The van der Waals surface area contributed by atoms with Crippen LogP contribution in [0.4, 0.5) is 10.5 Å². The first kappa shape index (κ1) is 15.8. The zero-order chi connectivity index (χ0) is 16.2. The summed E-state index contributed by atoms with van der Waals surface area (Å²) >= 11 is 0. The normalized spacial score (nSPS) is 16.0. The average Bonchev–Trinajstić information content (AvgIpc) is 2.94. The highest BCUT2D eigenvalue weighted by atomic mass is 16.3. The lowest BCUT2D eigenvalue weighted by Gasteiger charge is -2.34. The molecule has 1 saturated heterocycles. The second kappa shape index (κ2) is 7.02.